The van der Waals surface area contributed by atoms with Gasteiger partial charge < -0.3 is 11.1 Å². The second-order valence-corrected chi connectivity index (χ2v) is 4.87. The molecule has 0 bridgehead atoms. The molecule has 0 aliphatic heterocycles. The highest BCUT2D eigenvalue weighted by Crippen LogP contribution is 2.22. The number of carbonyl (C=O) groups excluding carboxylic acids is 1. The number of anilines is 1. The molecule has 0 unspecified atom stereocenters. The molecule has 2 aromatic heterocycles. The zero-order chi connectivity index (χ0) is 13.8. The van der Waals surface area contributed by atoms with Crippen LogP contribution < -0.4 is 11.1 Å². The van der Waals surface area contributed by atoms with Gasteiger partial charge in [-0.2, -0.15) is 0 Å². The summed E-state index contributed by atoms with van der Waals surface area (Å²) in [6, 6.07) is 1.67. The van der Waals surface area contributed by atoms with Gasteiger partial charge in [0.25, 0.3) is 0 Å². The average Bonchev–Trinajstić information content (AvgIpc) is 2.81. The van der Waals surface area contributed by atoms with Gasteiger partial charge in [-0.05, 0) is 22.0 Å². The number of aromatic nitrogens is 4. The summed E-state index contributed by atoms with van der Waals surface area (Å²) in [6.45, 7) is 0.336. The summed E-state index contributed by atoms with van der Waals surface area (Å²) in [7, 11) is 0. The molecule has 0 aliphatic rings. The molecule has 0 radical (unpaired) electrons. The third-order valence-electron chi connectivity index (χ3n) is 2.18. The molecule has 2 rings (SSSR count). The molecule has 1 amide bonds. The predicted molar refractivity (Wildman–Crippen MR) is 73.5 cm³/mol. The quantitative estimate of drug-likeness (QED) is 0.811. The fourth-order valence-corrected chi connectivity index (χ4v) is 1.80. The van der Waals surface area contributed by atoms with Crippen molar-refractivity contribution in [3.63, 3.8) is 0 Å². The van der Waals surface area contributed by atoms with Gasteiger partial charge in [0.05, 0.1) is 28.2 Å². The lowest BCUT2D eigenvalue weighted by molar-refractivity contribution is -0.116. The Morgan fingerprint density at radius 3 is 3.00 bits per heavy atom. The molecule has 2 aromatic rings. The average molecular weight is 346 g/mol. The highest BCUT2D eigenvalue weighted by atomic mass is 79.9. The first-order valence-electron chi connectivity index (χ1n) is 5.28. The molecule has 0 fully saturated rings. The maximum Gasteiger partial charge on any atom is 0.246 e. The number of hydrogen-bond donors (Lipinski definition) is 2. The first kappa shape index (κ1) is 13.9. The monoisotopic (exact) mass is 344 g/mol. The highest BCUT2D eigenvalue weighted by molar-refractivity contribution is 9.10. The topological polar surface area (TPSA) is 98.7 Å². The first-order valence-corrected chi connectivity index (χ1v) is 6.45. The van der Waals surface area contributed by atoms with Crippen molar-refractivity contribution in [1.82, 2.24) is 20.0 Å². The minimum atomic E-state index is -0.246. The fourth-order valence-electron chi connectivity index (χ4n) is 1.35. The van der Waals surface area contributed by atoms with Crippen molar-refractivity contribution < 1.29 is 4.79 Å². The van der Waals surface area contributed by atoms with Crippen LogP contribution >= 0.6 is 27.5 Å². The van der Waals surface area contributed by atoms with E-state index in [1.165, 1.54) is 10.9 Å². The van der Waals surface area contributed by atoms with E-state index in [0.29, 0.717) is 21.0 Å². The molecule has 0 atom stereocenters. The van der Waals surface area contributed by atoms with Crippen LogP contribution in [0.15, 0.2) is 22.9 Å². The lowest BCUT2D eigenvalue weighted by Gasteiger charge is -2.05. The number of nitrogens with two attached hydrogens (primary N) is 1. The van der Waals surface area contributed by atoms with Crippen LogP contribution in [0, 0.1) is 0 Å². The van der Waals surface area contributed by atoms with Crippen molar-refractivity contribution in [2.45, 2.75) is 13.1 Å². The van der Waals surface area contributed by atoms with E-state index in [4.69, 9.17) is 17.3 Å². The summed E-state index contributed by atoms with van der Waals surface area (Å²) in [5.74, 6) is -0.246. The van der Waals surface area contributed by atoms with Crippen LogP contribution in [0.1, 0.15) is 5.69 Å². The molecule has 0 saturated carbocycles. The van der Waals surface area contributed by atoms with E-state index in [1.54, 1.807) is 12.3 Å². The summed E-state index contributed by atoms with van der Waals surface area (Å²) in [5.41, 5.74) is 6.58. The smallest absolute Gasteiger partial charge is 0.246 e. The Morgan fingerprint density at radius 1 is 1.58 bits per heavy atom. The van der Waals surface area contributed by atoms with E-state index in [0.717, 1.165) is 0 Å². The Balaban J connectivity index is 1.98. The molecule has 0 saturated heterocycles. The van der Waals surface area contributed by atoms with Gasteiger partial charge in [0.1, 0.15) is 11.7 Å². The number of hydrogen-bond acceptors (Lipinski definition) is 5. The van der Waals surface area contributed by atoms with Crippen molar-refractivity contribution in [3.8, 4) is 0 Å². The van der Waals surface area contributed by atoms with Crippen molar-refractivity contribution in [2.75, 3.05) is 5.32 Å². The maximum absolute atomic E-state index is 11.8. The van der Waals surface area contributed by atoms with E-state index in [-0.39, 0.29) is 19.0 Å². The minimum Gasteiger partial charge on any atom is -0.325 e. The van der Waals surface area contributed by atoms with E-state index < -0.39 is 0 Å². The Labute approximate surface area is 122 Å². The van der Waals surface area contributed by atoms with Crippen LogP contribution in [0.2, 0.25) is 5.15 Å². The number of rotatable bonds is 4. The molecule has 3 N–H and O–H groups in total. The predicted octanol–water partition coefficient (Wildman–Crippen LogP) is 1.19. The van der Waals surface area contributed by atoms with Gasteiger partial charge in [0, 0.05) is 6.54 Å². The lowest BCUT2D eigenvalue weighted by Crippen LogP contribution is -2.19. The van der Waals surface area contributed by atoms with Crippen LogP contribution in [-0.2, 0) is 17.9 Å². The Bertz CT molecular complexity index is 601. The number of carbonyl (C=O) groups is 1. The normalized spacial score (nSPS) is 10.5. The molecule has 19 heavy (non-hydrogen) atoms. The molecular weight excluding hydrogens is 336 g/mol. The standard InChI is InChI=1S/C10H10BrClN6O/c11-8-1-6(3-14-10(8)12)15-9(19)5-18-4-7(2-13)16-17-18/h1,3-4H,2,5,13H2,(H,15,19). The van der Waals surface area contributed by atoms with E-state index >= 15 is 0 Å². The Morgan fingerprint density at radius 2 is 2.37 bits per heavy atom. The lowest BCUT2D eigenvalue weighted by atomic mass is 10.4. The molecule has 7 nitrogen and oxygen atoms in total. The Hall–Kier alpha value is -1.51. The number of nitrogens with one attached hydrogen (secondary N) is 1. The van der Waals surface area contributed by atoms with Crippen LogP contribution in [0.3, 0.4) is 0 Å². The third kappa shape index (κ3) is 3.72. The molecule has 0 spiro atoms. The zero-order valence-corrected chi connectivity index (χ0v) is 12.0. The van der Waals surface area contributed by atoms with E-state index in [2.05, 4.69) is 36.5 Å². The Kier molecular flexibility index (Phi) is 4.46. The van der Waals surface area contributed by atoms with Gasteiger partial charge in [-0.15, -0.1) is 5.10 Å². The van der Waals surface area contributed by atoms with Crippen molar-refractivity contribution >= 4 is 39.1 Å². The van der Waals surface area contributed by atoms with E-state index in [9.17, 15) is 4.79 Å². The molecular formula is C10H10BrClN6O. The van der Waals surface area contributed by atoms with Gasteiger partial charge in [-0.1, -0.05) is 16.8 Å². The van der Waals surface area contributed by atoms with Crippen molar-refractivity contribution in [3.05, 3.63) is 33.8 Å². The van der Waals surface area contributed by atoms with Crippen molar-refractivity contribution in [2.24, 2.45) is 5.73 Å². The van der Waals surface area contributed by atoms with Gasteiger partial charge in [0.15, 0.2) is 0 Å². The summed E-state index contributed by atoms with van der Waals surface area (Å²) in [5, 5.41) is 10.6. The molecule has 100 valence electrons. The second kappa shape index (κ2) is 6.09. The van der Waals surface area contributed by atoms with Crippen LogP contribution in [-0.4, -0.2) is 25.9 Å². The third-order valence-corrected chi connectivity index (χ3v) is 3.31. The van der Waals surface area contributed by atoms with Gasteiger partial charge in [0.2, 0.25) is 5.91 Å². The van der Waals surface area contributed by atoms with Crippen LogP contribution in [0.4, 0.5) is 5.69 Å². The molecule has 9 heteroatoms. The number of nitrogens with zero attached hydrogens (tertiary/aromatic N) is 4. The molecule has 2 heterocycles. The highest BCUT2D eigenvalue weighted by Gasteiger charge is 2.07. The maximum atomic E-state index is 11.8. The zero-order valence-electron chi connectivity index (χ0n) is 9.68. The summed E-state index contributed by atoms with van der Waals surface area (Å²) >= 11 is 8.99. The largest absolute Gasteiger partial charge is 0.325 e. The van der Waals surface area contributed by atoms with Crippen LogP contribution in [0.5, 0.6) is 0 Å². The summed E-state index contributed by atoms with van der Waals surface area (Å²) in [6.07, 6.45) is 3.09. The van der Waals surface area contributed by atoms with Gasteiger partial charge in [-0.25, -0.2) is 9.67 Å². The van der Waals surface area contributed by atoms with Crippen molar-refractivity contribution in [1.29, 1.82) is 0 Å². The summed E-state index contributed by atoms with van der Waals surface area (Å²) < 4.78 is 2.02. The summed E-state index contributed by atoms with van der Waals surface area (Å²) in [4.78, 5) is 15.7. The van der Waals surface area contributed by atoms with Gasteiger partial charge >= 0.3 is 0 Å². The minimum absolute atomic E-state index is 0.0489. The fraction of sp³-hybridized carbons (Fsp3) is 0.200. The number of halogens is 2. The molecule has 0 aliphatic carbocycles. The molecule has 0 aromatic carbocycles. The number of pyridine rings is 1. The van der Waals surface area contributed by atoms with E-state index in [1.807, 2.05) is 0 Å². The first-order chi connectivity index (χ1) is 9.08. The number of amides is 1. The van der Waals surface area contributed by atoms with Crippen LogP contribution in [0.25, 0.3) is 0 Å². The van der Waals surface area contributed by atoms with Gasteiger partial charge in [-0.3, -0.25) is 4.79 Å². The SMILES string of the molecule is NCc1cn(CC(=O)Nc2cnc(Cl)c(Br)c2)nn1. The second-order valence-electron chi connectivity index (χ2n) is 3.66.